The van der Waals surface area contributed by atoms with Crippen LogP contribution >= 0.6 is 0 Å². The Kier molecular flexibility index (Phi) is 34.3. The maximum Gasteiger partial charge on any atom is 0.336 e. The van der Waals surface area contributed by atoms with Crippen LogP contribution in [-0.4, -0.2) is 202 Å². The first-order chi connectivity index (χ1) is 39.7. The molecular weight excluding hydrogens is 1100 g/mol. The smallest absolute Gasteiger partial charge is 0.336 e. The summed E-state index contributed by atoms with van der Waals surface area (Å²) < 4.78 is 47.4. The molecule has 0 aromatic rings. The van der Waals surface area contributed by atoms with Crippen molar-refractivity contribution < 1.29 is 102 Å². The summed E-state index contributed by atoms with van der Waals surface area (Å²) in [6.45, 7) is 20.8. The monoisotopic (exact) mass is 1200 g/mol. The van der Waals surface area contributed by atoms with E-state index in [0.29, 0.717) is 25.7 Å². The highest BCUT2D eigenvalue weighted by Crippen LogP contribution is 2.37. The van der Waals surface area contributed by atoms with Crippen LogP contribution in [0.1, 0.15) is 166 Å². The number of aliphatic hydroxyl groups excluding tert-OH is 5. The fraction of sp³-hybridized carbons (Fsp3) is 0.807. The van der Waals surface area contributed by atoms with Gasteiger partial charge in [-0.1, -0.05) is 112 Å². The zero-order valence-electron chi connectivity index (χ0n) is 50.8. The van der Waals surface area contributed by atoms with Gasteiger partial charge in [0.15, 0.2) is 31.3 Å². The van der Waals surface area contributed by atoms with Gasteiger partial charge in [-0.05, 0) is 44.9 Å². The zero-order chi connectivity index (χ0) is 63.3. The first-order valence-corrected chi connectivity index (χ1v) is 29.2. The molecule has 27 heteroatoms. The van der Waals surface area contributed by atoms with Gasteiger partial charge in [0, 0.05) is 33.8 Å². The lowest BCUT2D eigenvalue weighted by Crippen LogP contribution is -2.69. The SMILES string of the molecule is C=C(O)C(OC(C=O)OC1C(O)C(CO)O[C@H]([C@H](C)C(C)CCCCC)C1NC(C)=O)C(/C=N/NC(=O)CCC(=O)N/N=C/C(OC(C(=O)O)C(C=O)OC)OC1C(O)C(O)O[C@@](C)(CCCCCCC)C1NC(C)=O)OC(C)(CC)CCC. The summed E-state index contributed by atoms with van der Waals surface area (Å²) in [5.74, 6) is -5.25. The van der Waals surface area contributed by atoms with Crippen LogP contribution in [-0.2, 0) is 71.5 Å². The number of nitrogens with one attached hydrogen (secondary N) is 4. The molecule has 0 radical (unpaired) electrons. The lowest BCUT2D eigenvalue weighted by Gasteiger charge is -2.50. The second-order valence-corrected chi connectivity index (χ2v) is 22.1. The average Bonchev–Trinajstić information content (AvgIpc) is 1.71. The van der Waals surface area contributed by atoms with E-state index in [4.69, 9.17) is 37.9 Å². The van der Waals surface area contributed by atoms with Crippen LogP contribution < -0.4 is 21.5 Å². The molecule has 2 saturated heterocycles. The Bertz CT molecular complexity index is 2110. The first kappa shape index (κ1) is 75.2. The number of hydrazone groups is 2. The van der Waals surface area contributed by atoms with Gasteiger partial charge >= 0.3 is 5.97 Å². The van der Waals surface area contributed by atoms with E-state index in [2.05, 4.69) is 52.1 Å². The lowest BCUT2D eigenvalue weighted by atomic mass is 9.79. The second-order valence-electron chi connectivity index (χ2n) is 22.1. The van der Waals surface area contributed by atoms with Gasteiger partial charge in [-0.3, -0.25) is 24.0 Å². The van der Waals surface area contributed by atoms with Crippen LogP contribution in [0.2, 0.25) is 0 Å². The molecular formula is C57H98N6O21. The predicted molar refractivity (Wildman–Crippen MR) is 305 cm³/mol. The van der Waals surface area contributed by atoms with E-state index >= 15 is 0 Å². The van der Waals surface area contributed by atoms with Gasteiger partial charge in [-0.25, -0.2) is 15.6 Å². The van der Waals surface area contributed by atoms with Crippen molar-refractivity contribution in [3.63, 3.8) is 0 Å². The Balaban J connectivity index is 2.41. The van der Waals surface area contributed by atoms with Crippen molar-refractivity contribution in [3.05, 3.63) is 12.3 Å². The second kappa shape index (κ2) is 38.3. The van der Waals surface area contributed by atoms with Crippen LogP contribution in [0.25, 0.3) is 0 Å². The summed E-state index contributed by atoms with van der Waals surface area (Å²) in [5.41, 5.74) is 2.18. The number of amides is 4. The molecule has 0 bridgehead atoms. The fourth-order valence-electron chi connectivity index (χ4n) is 10.2. The number of carboxylic acids is 1. The van der Waals surface area contributed by atoms with E-state index in [0.717, 1.165) is 70.9 Å². The van der Waals surface area contributed by atoms with E-state index in [1.165, 1.54) is 13.8 Å². The molecule has 2 fully saturated rings. The summed E-state index contributed by atoms with van der Waals surface area (Å²) in [4.78, 5) is 88.6. The van der Waals surface area contributed by atoms with E-state index < -0.39 is 158 Å². The van der Waals surface area contributed by atoms with Gasteiger partial charge < -0.3 is 84.0 Å². The molecule has 0 aromatic heterocycles. The van der Waals surface area contributed by atoms with Crippen molar-refractivity contribution in [1.29, 1.82) is 0 Å². The molecule has 16 unspecified atom stereocenters. The maximum absolute atomic E-state index is 13.2. The normalized spacial score (nSPS) is 27.2. The third-order valence-corrected chi connectivity index (χ3v) is 15.3. The Morgan fingerprint density at radius 2 is 1.35 bits per heavy atom. The molecule has 0 spiro atoms. The predicted octanol–water partition coefficient (Wildman–Crippen LogP) is 2.90. The number of rotatable bonds is 42. The number of aldehydes is 2. The number of hydrogen-bond acceptors (Lipinski definition) is 22. The Labute approximate surface area is 493 Å². The Morgan fingerprint density at radius 3 is 1.87 bits per heavy atom. The minimum absolute atomic E-state index is 0.0684. The number of hydrogen-bond donors (Lipinski definition) is 10. The number of unbranched alkanes of at least 4 members (excludes halogenated alkanes) is 6. The molecule has 10 N–H and O–H groups in total. The molecule has 0 aromatic carbocycles. The van der Waals surface area contributed by atoms with E-state index in [1.807, 2.05) is 27.7 Å². The van der Waals surface area contributed by atoms with Crippen LogP contribution in [0.5, 0.6) is 0 Å². The minimum Gasteiger partial charge on any atom is -0.510 e. The van der Waals surface area contributed by atoms with Gasteiger partial charge in [-0.15, -0.1) is 0 Å². The van der Waals surface area contributed by atoms with E-state index in [9.17, 15) is 64.2 Å². The van der Waals surface area contributed by atoms with Gasteiger partial charge in [0.1, 0.15) is 54.6 Å². The number of carboxylic acid groups (broad SMARTS) is 1. The summed E-state index contributed by atoms with van der Waals surface area (Å²) in [7, 11) is 1.05. The summed E-state index contributed by atoms with van der Waals surface area (Å²) in [6, 6.07) is -2.23. The third kappa shape index (κ3) is 24.1. The third-order valence-electron chi connectivity index (χ3n) is 15.3. The quantitative estimate of drug-likeness (QED) is 0.0105. The number of methoxy groups -OCH3 is 1. The van der Waals surface area contributed by atoms with Crippen molar-refractivity contribution in [1.82, 2.24) is 21.5 Å². The first-order valence-electron chi connectivity index (χ1n) is 29.2. The van der Waals surface area contributed by atoms with Gasteiger partial charge in [0.2, 0.25) is 29.9 Å². The van der Waals surface area contributed by atoms with Crippen molar-refractivity contribution in [3.8, 4) is 0 Å². The molecule has 27 nitrogen and oxygen atoms in total. The maximum atomic E-state index is 13.2. The van der Waals surface area contributed by atoms with Crippen LogP contribution in [0.15, 0.2) is 22.5 Å². The number of carbonyl (C=O) groups excluding carboxylic acids is 6. The van der Waals surface area contributed by atoms with Crippen molar-refractivity contribution in [2.75, 3.05) is 13.7 Å². The number of nitrogens with zero attached hydrogens (tertiary/aromatic N) is 2. The summed E-state index contributed by atoms with van der Waals surface area (Å²) in [5, 5.41) is 78.4. The summed E-state index contributed by atoms with van der Waals surface area (Å²) in [6.07, 6.45) is -9.71. The molecule has 84 heavy (non-hydrogen) atoms. The highest BCUT2D eigenvalue weighted by Gasteiger charge is 2.54. The molecule has 0 aliphatic carbocycles. The fourth-order valence-corrected chi connectivity index (χ4v) is 10.2. The topological polar surface area (TPSA) is 388 Å². The lowest BCUT2D eigenvalue weighted by molar-refractivity contribution is -0.313. The molecule has 19 atom stereocenters. The zero-order valence-corrected chi connectivity index (χ0v) is 50.8. The molecule has 0 saturated carbocycles. The molecule has 2 aliphatic heterocycles. The number of aliphatic carboxylic acids is 1. The van der Waals surface area contributed by atoms with Gasteiger partial charge in [0.05, 0.1) is 48.4 Å². The van der Waals surface area contributed by atoms with Crippen molar-refractivity contribution in [2.45, 2.75) is 269 Å². The van der Waals surface area contributed by atoms with Crippen molar-refractivity contribution >= 4 is 54.6 Å². The van der Waals surface area contributed by atoms with Gasteiger partial charge in [-0.2, -0.15) is 10.2 Å². The molecule has 482 valence electrons. The summed E-state index contributed by atoms with van der Waals surface area (Å²) >= 11 is 0. The molecule has 2 aliphatic rings. The number of carbonyl (C=O) groups is 7. The molecule has 4 amide bonds. The van der Waals surface area contributed by atoms with E-state index in [1.54, 1.807) is 13.8 Å². The average molecular weight is 1200 g/mol. The Morgan fingerprint density at radius 1 is 0.762 bits per heavy atom. The van der Waals surface area contributed by atoms with E-state index in [-0.39, 0.29) is 30.8 Å². The largest absolute Gasteiger partial charge is 0.510 e. The van der Waals surface area contributed by atoms with Crippen LogP contribution in [0.4, 0.5) is 0 Å². The molecule has 2 rings (SSSR count). The number of ether oxygens (including phenoxy) is 8. The Hall–Kier alpha value is -4.91. The highest BCUT2D eigenvalue weighted by molar-refractivity contribution is 5.84. The van der Waals surface area contributed by atoms with Gasteiger partial charge in [0.25, 0.3) is 0 Å². The standard InChI is InChI=1S/C57H98N6O21/c1-13-17-19-20-22-27-57(11)53(61-37(9)69)52(47(73)55(76)84-57)80-43(79-50(54(74)75)40(31-65)77-12)29-59-63-42(71)25-24-41(70)62-58-28-38(83-56(10,16-4)26-15-3)49(35(7)67)81-44(32-66)82-51-45(60-36(8)68)48(78-39(30-64)46(51)72)34(6)33(5)23-21-18-14-2/h28-29,31-34,38-40,43-53,55,64,67,72-73,76H,7,13-27,30H2,1-6,8-12H3,(H,60,68)(H,61,69)(H,62,70)(H,63,71)(H,74,75)/b58-28+,59-29+/t33?,34-,38?,39?,40?,43?,44?,45?,46?,47?,48-,49?,50?,51?,52?,53?,55?,56?,57+/m1/s1. The highest BCUT2D eigenvalue weighted by atomic mass is 16.7. The minimum atomic E-state index is -2.05. The molecule has 2 heterocycles. The van der Waals surface area contributed by atoms with Crippen molar-refractivity contribution in [2.24, 2.45) is 22.0 Å². The van der Waals surface area contributed by atoms with Crippen LogP contribution in [0, 0.1) is 11.8 Å². The van der Waals surface area contributed by atoms with Crippen LogP contribution in [0.3, 0.4) is 0 Å². The number of aliphatic hydroxyl groups is 5.